The molecule has 0 aliphatic heterocycles. The first kappa shape index (κ1) is 21.9. The van der Waals surface area contributed by atoms with Crippen molar-refractivity contribution in [1.29, 1.82) is 0 Å². The molecule has 0 heterocycles. The van der Waals surface area contributed by atoms with Crippen LogP contribution in [0.2, 0.25) is 0 Å². The molecule has 0 amide bonds. The van der Waals surface area contributed by atoms with E-state index in [2.05, 4.69) is 4.74 Å². The first-order valence-corrected chi connectivity index (χ1v) is 7.34. The number of benzene rings is 1. The summed E-state index contributed by atoms with van der Waals surface area (Å²) in [5.41, 5.74) is 0.378. The van der Waals surface area contributed by atoms with Crippen LogP contribution in [0.1, 0.15) is 5.56 Å². The number of phenols is 1. The number of carboxylic acids is 2. The number of rotatable bonds is 9. The molecule has 6 N–H and O–H groups in total. The molecule has 1 aromatic carbocycles. The Morgan fingerprint density at radius 1 is 1.04 bits per heavy atom. The van der Waals surface area contributed by atoms with E-state index in [0.29, 0.717) is 5.56 Å². The van der Waals surface area contributed by atoms with Crippen LogP contribution in [-0.4, -0.2) is 80.1 Å². The Morgan fingerprint density at radius 3 is 2.15 bits per heavy atom. The van der Waals surface area contributed by atoms with Crippen LogP contribution < -0.4 is 4.74 Å². The Bertz CT molecular complexity index is 727. The third kappa shape index (κ3) is 5.95. The van der Waals surface area contributed by atoms with Crippen LogP contribution >= 0.6 is 0 Å². The summed E-state index contributed by atoms with van der Waals surface area (Å²) >= 11 is 0. The highest BCUT2D eigenvalue weighted by atomic mass is 16.6. The first-order chi connectivity index (χ1) is 12.6. The summed E-state index contributed by atoms with van der Waals surface area (Å²) in [6.45, 7) is 0. The van der Waals surface area contributed by atoms with Crippen molar-refractivity contribution < 1.29 is 54.5 Å². The summed E-state index contributed by atoms with van der Waals surface area (Å²) in [4.78, 5) is 33.4. The van der Waals surface area contributed by atoms with Crippen LogP contribution in [0.3, 0.4) is 0 Å². The molecule has 0 spiro atoms. The number of phenolic OH excluding ortho intramolecular Hbond substituents is 1. The van der Waals surface area contributed by atoms with Gasteiger partial charge in [-0.3, -0.25) is 0 Å². The summed E-state index contributed by atoms with van der Waals surface area (Å²) in [6, 6.07) is 4.06. The number of hydrogen-bond donors (Lipinski definition) is 6. The fourth-order valence-electron chi connectivity index (χ4n) is 1.92. The number of carbonyl (C=O) groups is 3. The van der Waals surface area contributed by atoms with Gasteiger partial charge in [-0.25, -0.2) is 14.4 Å². The van der Waals surface area contributed by atoms with Crippen molar-refractivity contribution in [3.05, 3.63) is 29.8 Å². The van der Waals surface area contributed by atoms with Gasteiger partial charge in [0.1, 0.15) is 6.10 Å². The zero-order valence-electron chi connectivity index (χ0n) is 13.9. The van der Waals surface area contributed by atoms with Crippen molar-refractivity contribution in [1.82, 2.24) is 0 Å². The molecule has 11 nitrogen and oxygen atoms in total. The van der Waals surface area contributed by atoms with Crippen LogP contribution in [0.5, 0.6) is 11.5 Å². The van der Waals surface area contributed by atoms with E-state index in [9.17, 15) is 34.8 Å². The zero-order valence-corrected chi connectivity index (χ0v) is 13.9. The summed E-state index contributed by atoms with van der Waals surface area (Å²) < 4.78 is 9.48. The van der Waals surface area contributed by atoms with Crippen molar-refractivity contribution in [3.63, 3.8) is 0 Å². The average molecular weight is 386 g/mol. The maximum Gasteiger partial charge on any atom is 0.336 e. The Hall–Kier alpha value is -3.15. The van der Waals surface area contributed by atoms with Gasteiger partial charge in [-0.15, -0.1) is 0 Å². The summed E-state index contributed by atoms with van der Waals surface area (Å²) in [5.74, 6) is -5.08. The molecule has 0 aromatic heterocycles. The average Bonchev–Trinajstić information content (AvgIpc) is 2.63. The molecule has 0 saturated heterocycles. The lowest BCUT2D eigenvalue weighted by Gasteiger charge is -2.26. The van der Waals surface area contributed by atoms with Crippen molar-refractivity contribution in [2.45, 2.75) is 24.4 Å². The van der Waals surface area contributed by atoms with E-state index in [-0.39, 0.29) is 11.5 Å². The van der Waals surface area contributed by atoms with E-state index in [1.807, 2.05) is 0 Å². The molecular weight excluding hydrogens is 368 g/mol. The minimum atomic E-state index is -2.50. The van der Waals surface area contributed by atoms with Crippen molar-refractivity contribution in [2.24, 2.45) is 0 Å². The molecule has 1 rings (SSSR count). The molecular formula is C16H18O11. The van der Waals surface area contributed by atoms with E-state index in [1.165, 1.54) is 31.4 Å². The largest absolute Gasteiger partial charge is 0.504 e. The Kier molecular flexibility index (Phi) is 7.72. The van der Waals surface area contributed by atoms with E-state index in [1.54, 1.807) is 0 Å². The molecule has 148 valence electrons. The normalized spacial score (nSPS) is 15.6. The monoisotopic (exact) mass is 386 g/mol. The highest BCUT2D eigenvalue weighted by Gasteiger charge is 2.41. The SMILES string of the molecule is COc1cc(/C=C/C(=O)O[C@@H]([C@H](O)[C@H](O)C(=O)O)[C@@H](O)C(=O)O)ccc1O. The van der Waals surface area contributed by atoms with Gasteiger partial charge in [-0.2, -0.15) is 0 Å². The van der Waals surface area contributed by atoms with Crippen LogP contribution in [0.15, 0.2) is 24.3 Å². The number of hydrogen-bond acceptors (Lipinski definition) is 9. The van der Waals surface area contributed by atoms with Crippen LogP contribution in [0, 0.1) is 0 Å². The number of aliphatic hydroxyl groups excluding tert-OH is 3. The molecule has 0 fully saturated rings. The second-order valence-electron chi connectivity index (χ2n) is 5.22. The molecule has 0 saturated carbocycles. The van der Waals surface area contributed by atoms with Crippen LogP contribution in [-0.2, 0) is 19.1 Å². The molecule has 0 aliphatic rings. The summed E-state index contributed by atoms with van der Waals surface area (Å²) in [6.07, 6.45) is -7.65. The highest BCUT2D eigenvalue weighted by Crippen LogP contribution is 2.26. The lowest BCUT2D eigenvalue weighted by molar-refractivity contribution is -0.184. The molecule has 1 aromatic rings. The molecule has 27 heavy (non-hydrogen) atoms. The van der Waals surface area contributed by atoms with E-state index in [4.69, 9.17) is 14.9 Å². The third-order valence-electron chi connectivity index (χ3n) is 3.35. The van der Waals surface area contributed by atoms with Crippen LogP contribution in [0.4, 0.5) is 0 Å². The molecule has 0 aliphatic carbocycles. The second-order valence-corrected chi connectivity index (χ2v) is 5.22. The van der Waals surface area contributed by atoms with Crippen molar-refractivity contribution in [2.75, 3.05) is 7.11 Å². The maximum atomic E-state index is 11.8. The maximum absolute atomic E-state index is 11.8. The minimum absolute atomic E-state index is 0.115. The Balaban J connectivity index is 2.95. The number of ether oxygens (including phenoxy) is 2. The number of aliphatic hydroxyl groups is 3. The fourth-order valence-corrected chi connectivity index (χ4v) is 1.92. The predicted octanol–water partition coefficient (Wildman–Crippen LogP) is -1.42. The molecule has 4 atom stereocenters. The lowest BCUT2D eigenvalue weighted by atomic mass is 10.0. The van der Waals surface area contributed by atoms with E-state index >= 15 is 0 Å². The zero-order chi connectivity index (χ0) is 20.7. The lowest BCUT2D eigenvalue weighted by Crippen LogP contribution is -2.52. The van der Waals surface area contributed by atoms with Gasteiger partial charge < -0.3 is 40.1 Å². The number of methoxy groups -OCH3 is 1. The number of carboxylic acid groups (broad SMARTS) is 2. The second kappa shape index (κ2) is 9.52. The van der Waals surface area contributed by atoms with Gasteiger partial charge in [0.15, 0.2) is 29.8 Å². The van der Waals surface area contributed by atoms with Gasteiger partial charge >= 0.3 is 17.9 Å². The number of aliphatic carboxylic acids is 2. The predicted molar refractivity (Wildman–Crippen MR) is 86.9 cm³/mol. The van der Waals surface area contributed by atoms with E-state index < -0.39 is 42.3 Å². The van der Waals surface area contributed by atoms with Gasteiger partial charge in [-0.1, -0.05) is 6.07 Å². The summed E-state index contributed by atoms with van der Waals surface area (Å²) in [5, 5.41) is 55.4. The van der Waals surface area contributed by atoms with E-state index in [0.717, 1.165) is 6.08 Å². The molecule has 11 heteroatoms. The topological polar surface area (TPSA) is 191 Å². The highest BCUT2D eigenvalue weighted by molar-refractivity contribution is 5.88. The summed E-state index contributed by atoms with van der Waals surface area (Å²) in [7, 11) is 1.31. The van der Waals surface area contributed by atoms with Gasteiger partial charge in [0.2, 0.25) is 0 Å². The number of aromatic hydroxyl groups is 1. The number of carbonyl (C=O) groups excluding carboxylic acids is 1. The standard InChI is InChI=1S/C16H18O11/c1-26-9-6-7(2-4-8(9)17)3-5-10(18)27-14(13(21)16(24)25)11(19)12(20)15(22)23/h2-6,11-14,17,19-21H,1H3,(H,22,23)(H,24,25)/b5-3+/t11-,12+,13-,14+/m1/s1. The molecule has 0 radical (unpaired) electrons. The Labute approximate surface area is 152 Å². The smallest absolute Gasteiger partial charge is 0.336 e. The van der Waals surface area contributed by atoms with Gasteiger partial charge in [0, 0.05) is 6.08 Å². The quantitative estimate of drug-likeness (QED) is 0.215. The minimum Gasteiger partial charge on any atom is -0.504 e. The van der Waals surface area contributed by atoms with Gasteiger partial charge in [0.05, 0.1) is 7.11 Å². The molecule has 0 unspecified atom stereocenters. The number of esters is 1. The third-order valence-corrected chi connectivity index (χ3v) is 3.35. The van der Waals surface area contributed by atoms with Gasteiger partial charge in [-0.05, 0) is 23.8 Å². The van der Waals surface area contributed by atoms with Crippen molar-refractivity contribution in [3.8, 4) is 11.5 Å². The van der Waals surface area contributed by atoms with Gasteiger partial charge in [0.25, 0.3) is 0 Å². The fraction of sp³-hybridized carbons (Fsp3) is 0.312. The van der Waals surface area contributed by atoms with Crippen LogP contribution in [0.25, 0.3) is 6.08 Å². The Morgan fingerprint density at radius 2 is 1.63 bits per heavy atom. The molecule has 0 bridgehead atoms. The van der Waals surface area contributed by atoms with Crippen molar-refractivity contribution >= 4 is 24.0 Å². The first-order valence-electron chi connectivity index (χ1n) is 7.34.